The maximum absolute atomic E-state index is 13.0. The summed E-state index contributed by atoms with van der Waals surface area (Å²) >= 11 is 13.5. The van der Waals surface area contributed by atoms with Crippen molar-refractivity contribution >= 4 is 73.8 Å². The zero-order chi connectivity index (χ0) is 20.8. The first-order chi connectivity index (χ1) is 14.5. The number of aromatic nitrogens is 1. The van der Waals surface area contributed by atoms with E-state index in [0.29, 0.717) is 36.8 Å². The number of hydrogen-bond acceptors (Lipinski definition) is 5. The highest BCUT2D eigenvalue weighted by molar-refractivity contribution is 7.21. The molecule has 2 aliphatic heterocycles. The van der Waals surface area contributed by atoms with E-state index in [2.05, 4.69) is 20.9 Å². The Morgan fingerprint density at radius 1 is 1.27 bits per heavy atom. The van der Waals surface area contributed by atoms with Crippen LogP contribution in [0.4, 0.5) is 21.9 Å². The van der Waals surface area contributed by atoms with Gasteiger partial charge in [-0.25, -0.2) is 9.78 Å². The molecule has 1 fully saturated rings. The van der Waals surface area contributed by atoms with Gasteiger partial charge in [0.1, 0.15) is 9.71 Å². The van der Waals surface area contributed by atoms with Gasteiger partial charge in [-0.05, 0) is 43.7 Å². The molecule has 5 rings (SSSR count). The number of anilines is 3. The average Bonchev–Trinajstić information content (AvgIpc) is 3.11. The number of carbonyl (C=O) groups excluding carboxylic acids is 2. The number of benzene rings is 1. The summed E-state index contributed by atoms with van der Waals surface area (Å²) in [7, 11) is 0. The second-order valence-corrected chi connectivity index (χ2v) is 9.01. The molecule has 0 unspecified atom stereocenters. The molecule has 0 radical (unpaired) electrons. The minimum atomic E-state index is -0.375. The van der Waals surface area contributed by atoms with E-state index in [-0.39, 0.29) is 18.0 Å². The van der Waals surface area contributed by atoms with Gasteiger partial charge in [0, 0.05) is 18.8 Å². The Labute approximate surface area is 186 Å². The van der Waals surface area contributed by atoms with Gasteiger partial charge in [-0.1, -0.05) is 23.2 Å². The van der Waals surface area contributed by atoms with E-state index in [1.165, 1.54) is 16.2 Å². The summed E-state index contributed by atoms with van der Waals surface area (Å²) < 4.78 is 0. The second-order valence-electron chi connectivity index (χ2n) is 7.20. The fourth-order valence-corrected chi connectivity index (χ4v) is 5.17. The van der Waals surface area contributed by atoms with Crippen LogP contribution in [0.1, 0.15) is 22.5 Å². The molecule has 7 nitrogen and oxygen atoms in total. The van der Waals surface area contributed by atoms with Crippen molar-refractivity contribution in [3.63, 3.8) is 0 Å². The highest BCUT2D eigenvalue weighted by Gasteiger charge is 2.33. The second kappa shape index (κ2) is 7.70. The highest BCUT2D eigenvalue weighted by Crippen LogP contribution is 2.46. The number of amides is 3. The van der Waals surface area contributed by atoms with Crippen molar-refractivity contribution in [3.8, 4) is 0 Å². The van der Waals surface area contributed by atoms with Gasteiger partial charge in [0.15, 0.2) is 0 Å². The van der Waals surface area contributed by atoms with E-state index in [4.69, 9.17) is 23.2 Å². The minimum absolute atomic E-state index is 0.0723. The quantitative estimate of drug-likeness (QED) is 0.524. The predicted molar refractivity (Wildman–Crippen MR) is 121 cm³/mol. The number of nitrogens with one attached hydrogen (secondary N) is 3. The third-order valence-electron chi connectivity index (χ3n) is 5.25. The van der Waals surface area contributed by atoms with Crippen LogP contribution >= 0.6 is 34.5 Å². The summed E-state index contributed by atoms with van der Waals surface area (Å²) in [4.78, 5) is 33.1. The monoisotopic (exact) mass is 461 g/mol. The van der Waals surface area contributed by atoms with E-state index >= 15 is 0 Å². The molecule has 10 heteroatoms. The zero-order valence-electron chi connectivity index (χ0n) is 15.7. The molecule has 0 bridgehead atoms. The minimum Gasteiger partial charge on any atom is -0.347 e. The number of piperidine rings is 1. The normalized spacial score (nSPS) is 18.4. The Balaban J connectivity index is 1.57. The van der Waals surface area contributed by atoms with E-state index < -0.39 is 0 Å². The van der Waals surface area contributed by atoms with Crippen molar-refractivity contribution in [2.45, 2.75) is 18.9 Å². The molecule has 2 aromatic heterocycles. The number of rotatable bonds is 3. The first-order valence-electron chi connectivity index (χ1n) is 9.52. The van der Waals surface area contributed by atoms with Crippen LogP contribution in [0.25, 0.3) is 10.2 Å². The van der Waals surface area contributed by atoms with Gasteiger partial charge in [0.25, 0.3) is 5.91 Å². The van der Waals surface area contributed by atoms with E-state index in [9.17, 15) is 9.59 Å². The fourth-order valence-electron chi connectivity index (χ4n) is 3.85. The van der Waals surface area contributed by atoms with Gasteiger partial charge in [-0.15, -0.1) is 11.3 Å². The molecular formula is C20H17Cl2N5O2S. The van der Waals surface area contributed by atoms with Gasteiger partial charge in [-0.3, -0.25) is 9.69 Å². The molecular weight excluding hydrogens is 445 g/mol. The first-order valence-corrected chi connectivity index (χ1v) is 11.1. The van der Waals surface area contributed by atoms with Crippen LogP contribution in [-0.2, 0) is 0 Å². The van der Waals surface area contributed by atoms with Crippen molar-refractivity contribution in [2.24, 2.45) is 0 Å². The molecule has 2 aliphatic rings. The van der Waals surface area contributed by atoms with Crippen molar-refractivity contribution in [3.05, 3.63) is 45.4 Å². The molecule has 4 heterocycles. The lowest BCUT2D eigenvalue weighted by atomic mass is 10.1. The van der Waals surface area contributed by atoms with Gasteiger partial charge >= 0.3 is 6.03 Å². The molecule has 1 saturated heterocycles. The standard InChI is InChI=1S/C20H17Cl2N5O2S/c21-12-4-3-11(8-13(12)22)27-14-5-7-24-19-15(14)16(26-20(27)29)17(30-19)18(28)25-10-2-1-6-23-9-10/h3-5,7-8,10,23H,1-2,6,9H2,(H,25,28)(H,26,29)/t10-/m1/s1. The lowest BCUT2D eigenvalue weighted by molar-refractivity contribution is 0.0935. The fraction of sp³-hybridized carbons (Fsp3) is 0.250. The third-order valence-corrected chi connectivity index (χ3v) is 7.08. The van der Waals surface area contributed by atoms with Crippen LogP contribution in [0.15, 0.2) is 30.5 Å². The van der Waals surface area contributed by atoms with Crippen molar-refractivity contribution in [1.82, 2.24) is 15.6 Å². The zero-order valence-corrected chi connectivity index (χ0v) is 18.0. The maximum atomic E-state index is 13.0. The Hall–Kier alpha value is -2.39. The SMILES string of the molecule is O=C(N[C@@H]1CCCNC1)c1sc2nccc3c2c1NC(=O)N3c1ccc(Cl)c(Cl)c1. The van der Waals surface area contributed by atoms with Gasteiger partial charge < -0.3 is 16.0 Å². The van der Waals surface area contributed by atoms with E-state index in [0.717, 1.165) is 31.3 Å². The average molecular weight is 462 g/mol. The first kappa shape index (κ1) is 19.6. The predicted octanol–water partition coefficient (Wildman–Crippen LogP) is 4.77. The number of urea groups is 1. The largest absolute Gasteiger partial charge is 0.347 e. The molecule has 1 aromatic carbocycles. The summed E-state index contributed by atoms with van der Waals surface area (Å²) in [5.74, 6) is -0.198. The molecule has 3 amide bonds. The Bertz CT molecular complexity index is 1180. The molecule has 3 N–H and O–H groups in total. The topological polar surface area (TPSA) is 86.4 Å². The smallest absolute Gasteiger partial charge is 0.331 e. The number of thiophene rings is 1. The third kappa shape index (κ3) is 3.30. The molecule has 0 aliphatic carbocycles. The summed E-state index contributed by atoms with van der Waals surface area (Å²) in [6.07, 6.45) is 3.58. The summed E-state index contributed by atoms with van der Waals surface area (Å²) in [5, 5.41) is 10.7. The van der Waals surface area contributed by atoms with Gasteiger partial charge in [-0.2, -0.15) is 0 Å². The lowest BCUT2D eigenvalue weighted by Crippen LogP contribution is -2.45. The number of halogens is 2. The Morgan fingerprint density at radius 2 is 2.13 bits per heavy atom. The number of hydrogen-bond donors (Lipinski definition) is 3. The van der Waals surface area contributed by atoms with Crippen LogP contribution in [0.2, 0.25) is 10.0 Å². The van der Waals surface area contributed by atoms with Crippen LogP contribution in [0.3, 0.4) is 0 Å². The molecule has 154 valence electrons. The summed E-state index contributed by atoms with van der Waals surface area (Å²) in [6, 6.07) is 6.46. The Morgan fingerprint density at radius 3 is 2.90 bits per heavy atom. The molecule has 0 spiro atoms. The maximum Gasteiger partial charge on any atom is 0.331 e. The molecule has 0 saturated carbocycles. The highest BCUT2D eigenvalue weighted by atomic mass is 35.5. The Kier molecular flexibility index (Phi) is 5.02. The van der Waals surface area contributed by atoms with Crippen molar-refractivity contribution in [2.75, 3.05) is 23.3 Å². The van der Waals surface area contributed by atoms with Crippen LogP contribution in [-0.4, -0.2) is 36.1 Å². The molecule has 30 heavy (non-hydrogen) atoms. The van der Waals surface area contributed by atoms with E-state index in [1.807, 2.05) is 0 Å². The van der Waals surface area contributed by atoms with Crippen LogP contribution in [0.5, 0.6) is 0 Å². The lowest BCUT2D eigenvalue weighted by Gasteiger charge is -2.29. The van der Waals surface area contributed by atoms with Crippen LogP contribution in [0, 0.1) is 0 Å². The van der Waals surface area contributed by atoms with Crippen LogP contribution < -0.4 is 20.9 Å². The van der Waals surface area contributed by atoms with E-state index in [1.54, 1.807) is 30.5 Å². The van der Waals surface area contributed by atoms with Gasteiger partial charge in [0.2, 0.25) is 0 Å². The number of nitrogens with zero attached hydrogens (tertiary/aromatic N) is 2. The number of carbonyl (C=O) groups is 2. The van der Waals surface area contributed by atoms with Gasteiger partial charge in [0.05, 0.1) is 32.5 Å². The number of pyridine rings is 1. The molecule has 3 aromatic rings. The van der Waals surface area contributed by atoms with Crippen molar-refractivity contribution < 1.29 is 9.59 Å². The summed E-state index contributed by atoms with van der Waals surface area (Å²) in [6.45, 7) is 1.71. The summed E-state index contributed by atoms with van der Waals surface area (Å²) in [5.41, 5.74) is 1.72. The molecule has 1 atom stereocenters. The van der Waals surface area contributed by atoms with Crippen molar-refractivity contribution in [1.29, 1.82) is 0 Å².